The summed E-state index contributed by atoms with van der Waals surface area (Å²) in [6.07, 6.45) is 3.93. The topological polar surface area (TPSA) is 32.3 Å². The normalized spacial score (nSPS) is 15.8. The van der Waals surface area contributed by atoms with E-state index in [0.29, 0.717) is 10.6 Å². The van der Waals surface area contributed by atoms with Crippen molar-refractivity contribution in [2.45, 2.75) is 37.2 Å². The van der Waals surface area contributed by atoms with E-state index in [-0.39, 0.29) is 11.9 Å². The summed E-state index contributed by atoms with van der Waals surface area (Å²) in [7, 11) is 0. The molecule has 2 aromatic carbocycles. The number of hydrogen-bond donors (Lipinski definition) is 1. The predicted octanol–water partition coefficient (Wildman–Crippen LogP) is 4.76. The van der Waals surface area contributed by atoms with Crippen LogP contribution >= 0.6 is 23.4 Å². The number of rotatable bonds is 5. The fourth-order valence-corrected chi connectivity index (χ4v) is 3.98. The second kappa shape index (κ2) is 8.94. The van der Waals surface area contributed by atoms with Crippen LogP contribution in [0, 0.1) is 6.92 Å². The molecule has 1 N–H and O–H groups in total. The standard InChI is InChI=1S/C21H25ClN2OS/c1-15-5-3-4-6-16(15)14-24-11-9-17(10-12-24)23-21(25)19-13-18(26-2)7-8-20(19)22/h3-8,13,17H,9-12,14H2,1-2H3,(H,23,25). The highest BCUT2D eigenvalue weighted by molar-refractivity contribution is 7.98. The van der Waals surface area contributed by atoms with Gasteiger partial charge in [-0.2, -0.15) is 0 Å². The van der Waals surface area contributed by atoms with Crippen molar-refractivity contribution in [2.75, 3.05) is 19.3 Å². The van der Waals surface area contributed by atoms with Gasteiger partial charge in [-0.15, -0.1) is 11.8 Å². The summed E-state index contributed by atoms with van der Waals surface area (Å²) in [4.78, 5) is 16.1. The minimum Gasteiger partial charge on any atom is -0.349 e. The van der Waals surface area contributed by atoms with Gasteiger partial charge < -0.3 is 5.32 Å². The van der Waals surface area contributed by atoms with Gasteiger partial charge in [0.15, 0.2) is 0 Å². The van der Waals surface area contributed by atoms with Crippen LogP contribution in [0.25, 0.3) is 0 Å². The zero-order chi connectivity index (χ0) is 18.5. The van der Waals surface area contributed by atoms with Crippen molar-refractivity contribution in [2.24, 2.45) is 0 Å². The number of piperidine rings is 1. The maximum Gasteiger partial charge on any atom is 0.253 e. The van der Waals surface area contributed by atoms with E-state index in [2.05, 4.69) is 41.4 Å². The summed E-state index contributed by atoms with van der Waals surface area (Å²) < 4.78 is 0. The fraction of sp³-hybridized carbons (Fsp3) is 0.381. The van der Waals surface area contributed by atoms with E-state index in [1.807, 2.05) is 18.4 Å². The molecule has 0 atom stereocenters. The van der Waals surface area contributed by atoms with Crippen molar-refractivity contribution in [3.8, 4) is 0 Å². The van der Waals surface area contributed by atoms with E-state index in [0.717, 1.165) is 37.4 Å². The first-order valence-electron chi connectivity index (χ1n) is 8.98. The van der Waals surface area contributed by atoms with Crippen LogP contribution in [0.3, 0.4) is 0 Å². The SMILES string of the molecule is CSc1ccc(Cl)c(C(=O)NC2CCN(Cc3ccccc3C)CC2)c1. The molecule has 1 amide bonds. The Morgan fingerprint density at radius 1 is 1.23 bits per heavy atom. The van der Waals surface area contributed by atoms with Crippen molar-refractivity contribution in [3.63, 3.8) is 0 Å². The van der Waals surface area contributed by atoms with E-state index in [4.69, 9.17) is 11.6 Å². The van der Waals surface area contributed by atoms with E-state index in [1.165, 1.54) is 11.1 Å². The van der Waals surface area contributed by atoms with Crippen molar-refractivity contribution < 1.29 is 4.79 Å². The maximum absolute atomic E-state index is 12.6. The third-order valence-electron chi connectivity index (χ3n) is 5.00. The number of hydrogen-bond acceptors (Lipinski definition) is 3. The Morgan fingerprint density at radius 3 is 2.65 bits per heavy atom. The minimum atomic E-state index is -0.0664. The predicted molar refractivity (Wildman–Crippen MR) is 110 cm³/mol. The number of nitrogens with zero attached hydrogens (tertiary/aromatic N) is 1. The first-order valence-corrected chi connectivity index (χ1v) is 10.6. The highest BCUT2D eigenvalue weighted by Gasteiger charge is 2.22. The monoisotopic (exact) mass is 388 g/mol. The van der Waals surface area contributed by atoms with Crippen LogP contribution in [-0.4, -0.2) is 36.2 Å². The molecule has 0 aromatic heterocycles. The van der Waals surface area contributed by atoms with Crippen LogP contribution in [0.1, 0.15) is 34.3 Å². The summed E-state index contributed by atoms with van der Waals surface area (Å²) in [5.74, 6) is -0.0664. The van der Waals surface area contributed by atoms with Gasteiger partial charge in [0, 0.05) is 30.6 Å². The van der Waals surface area contributed by atoms with Crippen LogP contribution in [0.2, 0.25) is 5.02 Å². The average Bonchev–Trinajstić information content (AvgIpc) is 2.65. The molecule has 1 heterocycles. The van der Waals surface area contributed by atoms with Gasteiger partial charge in [-0.1, -0.05) is 35.9 Å². The summed E-state index contributed by atoms with van der Waals surface area (Å²) >= 11 is 7.83. The lowest BCUT2D eigenvalue weighted by Crippen LogP contribution is -2.44. The van der Waals surface area contributed by atoms with Crippen LogP contribution in [0.4, 0.5) is 0 Å². The lowest BCUT2D eigenvalue weighted by molar-refractivity contribution is 0.0909. The molecule has 3 nitrogen and oxygen atoms in total. The average molecular weight is 389 g/mol. The molecule has 0 radical (unpaired) electrons. The molecular weight excluding hydrogens is 364 g/mol. The van der Waals surface area contributed by atoms with Crippen molar-refractivity contribution in [3.05, 3.63) is 64.2 Å². The smallest absolute Gasteiger partial charge is 0.253 e. The Morgan fingerprint density at radius 2 is 1.96 bits per heavy atom. The van der Waals surface area contributed by atoms with Crippen molar-refractivity contribution in [1.82, 2.24) is 10.2 Å². The third kappa shape index (κ3) is 4.81. The molecule has 1 fully saturated rings. The molecule has 3 rings (SSSR count). The van der Waals surface area contributed by atoms with Crippen molar-refractivity contribution >= 4 is 29.3 Å². The Labute approximate surface area is 165 Å². The van der Waals surface area contributed by atoms with Gasteiger partial charge in [0.05, 0.1) is 10.6 Å². The molecule has 5 heteroatoms. The Hall–Kier alpha value is -1.49. The molecule has 0 saturated carbocycles. The van der Waals surface area contributed by atoms with Gasteiger partial charge in [0.1, 0.15) is 0 Å². The van der Waals surface area contributed by atoms with Crippen LogP contribution in [-0.2, 0) is 6.54 Å². The Balaban J connectivity index is 1.54. The van der Waals surface area contributed by atoms with Crippen molar-refractivity contribution in [1.29, 1.82) is 0 Å². The summed E-state index contributed by atoms with van der Waals surface area (Å²) in [5.41, 5.74) is 3.29. The van der Waals surface area contributed by atoms with Gasteiger partial charge in [-0.3, -0.25) is 9.69 Å². The molecule has 0 unspecified atom stereocenters. The lowest BCUT2D eigenvalue weighted by Gasteiger charge is -2.32. The fourth-order valence-electron chi connectivity index (χ4n) is 3.33. The molecule has 0 aliphatic carbocycles. The van der Waals surface area contributed by atoms with E-state index in [9.17, 15) is 4.79 Å². The molecule has 1 aliphatic heterocycles. The van der Waals surface area contributed by atoms with Gasteiger partial charge >= 0.3 is 0 Å². The molecule has 2 aromatic rings. The molecule has 26 heavy (non-hydrogen) atoms. The first-order chi connectivity index (χ1) is 12.6. The number of carbonyl (C=O) groups is 1. The van der Waals surface area contributed by atoms with Crippen LogP contribution < -0.4 is 5.32 Å². The highest BCUT2D eigenvalue weighted by Crippen LogP contribution is 2.23. The van der Waals surface area contributed by atoms with Crippen LogP contribution in [0.15, 0.2) is 47.4 Å². The molecule has 1 saturated heterocycles. The van der Waals surface area contributed by atoms with Gasteiger partial charge in [0.2, 0.25) is 0 Å². The zero-order valence-electron chi connectivity index (χ0n) is 15.3. The van der Waals surface area contributed by atoms with Gasteiger partial charge in [-0.05, 0) is 55.3 Å². The zero-order valence-corrected chi connectivity index (χ0v) is 16.9. The number of benzene rings is 2. The summed E-state index contributed by atoms with van der Waals surface area (Å²) in [5, 5.41) is 3.68. The molecule has 138 valence electrons. The number of amides is 1. The summed E-state index contributed by atoms with van der Waals surface area (Å²) in [6.45, 7) is 5.14. The molecule has 1 aliphatic rings. The number of aryl methyl sites for hydroxylation is 1. The van der Waals surface area contributed by atoms with Crippen LogP contribution in [0.5, 0.6) is 0 Å². The summed E-state index contributed by atoms with van der Waals surface area (Å²) in [6, 6.07) is 14.4. The van der Waals surface area contributed by atoms with E-state index in [1.54, 1.807) is 17.8 Å². The van der Waals surface area contributed by atoms with E-state index >= 15 is 0 Å². The minimum absolute atomic E-state index is 0.0664. The molecule has 0 bridgehead atoms. The van der Waals surface area contributed by atoms with Gasteiger partial charge in [0.25, 0.3) is 5.91 Å². The highest BCUT2D eigenvalue weighted by atomic mass is 35.5. The molecule has 0 spiro atoms. The number of thioether (sulfide) groups is 1. The van der Waals surface area contributed by atoms with E-state index < -0.39 is 0 Å². The number of likely N-dealkylation sites (tertiary alicyclic amines) is 1. The molecular formula is C21H25ClN2OS. The second-order valence-corrected chi connectivity index (χ2v) is 8.08. The quantitative estimate of drug-likeness (QED) is 0.749. The first kappa shape index (κ1) is 19.3. The maximum atomic E-state index is 12.6. The number of halogens is 1. The third-order valence-corrected chi connectivity index (χ3v) is 6.05. The second-order valence-electron chi connectivity index (χ2n) is 6.80. The number of nitrogens with one attached hydrogen (secondary N) is 1. The Kier molecular flexibility index (Phi) is 6.63. The largest absolute Gasteiger partial charge is 0.349 e. The lowest BCUT2D eigenvalue weighted by atomic mass is 10.0. The Bertz CT molecular complexity index is 772. The van der Waals surface area contributed by atoms with Gasteiger partial charge in [-0.25, -0.2) is 0 Å². The number of carbonyl (C=O) groups excluding carboxylic acids is 1.